The molecule has 0 fully saturated rings. The number of hydrogen-bond acceptors (Lipinski definition) is 5. The number of aryl methyl sites for hydroxylation is 1. The molecule has 0 spiro atoms. The summed E-state index contributed by atoms with van der Waals surface area (Å²) in [6, 6.07) is 10.1. The van der Waals surface area contributed by atoms with Gasteiger partial charge in [0, 0.05) is 5.69 Å². The monoisotopic (exact) mass is 325 g/mol. The molecular weight excluding hydrogens is 310 g/mol. The first kappa shape index (κ1) is 15.5. The number of H-pyrrole nitrogens is 1. The van der Waals surface area contributed by atoms with Crippen molar-refractivity contribution in [3.05, 3.63) is 59.5 Å². The number of esters is 1. The summed E-state index contributed by atoms with van der Waals surface area (Å²) in [7, 11) is 1.29. The Morgan fingerprint density at radius 1 is 1.21 bits per heavy atom. The molecule has 0 saturated carbocycles. The van der Waals surface area contributed by atoms with Gasteiger partial charge in [0.05, 0.1) is 30.2 Å². The molecule has 7 nitrogen and oxygen atoms in total. The number of aromatic nitrogens is 2. The smallest absolute Gasteiger partial charge is 0.339 e. The van der Waals surface area contributed by atoms with Gasteiger partial charge in [-0.1, -0.05) is 12.1 Å². The average Bonchev–Trinajstić information content (AvgIpc) is 3.23. The highest BCUT2D eigenvalue weighted by Gasteiger charge is 2.22. The number of benzene rings is 1. The molecule has 0 radical (unpaired) electrons. The highest BCUT2D eigenvalue weighted by Crippen LogP contribution is 2.25. The topological polar surface area (TPSA) is 97.2 Å². The van der Waals surface area contributed by atoms with Crippen molar-refractivity contribution in [1.29, 1.82) is 0 Å². The third-order valence-corrected chi connectivity index (χ3v) is 3.51. The summed E-state index contributed by atoms with van der Waals surface area (Å²) in [6.45, 7) is 1.74. The molecule has 3 aromatic rings. The van der Waals surface area contributed by atoms with Gasteiger partial charge in [-0.05, 0) is 31.2 Å². The van der Waals surface area contributed by atoms with Crippen molar-refractivity contribution in [2.45, 2.75) is 6.92 Å². The zero-order valence-corrected chi connectivity index (χ0v) is 13.1. The second-order valence-electron chi connectivity index (χ2n) is 5.04. The van der Waals surface area contributed by atoms with Gasteiger partial charge in [-0.2, -0.15) is 5.10 Å². The van der Waals surface area contributed by atoms with Gasteiger partial charge in [0.15, 0.2) is 5.76 Å². The van der Waals surface area contributed by atoms with E-state index < -0.39 is 11.9 Å². The number of carbonyl (C=O) groups is 2. The van der Waals surface area contributed by atoms with Crippen molar-refractivity contribution in [2.24, 2.45) is 0 Å². The van der Waals surface area contributed by atoms with Gasteiger partial charge in [-0.3, -0.25) is 9.89 Å². The van der Waals surface area contributed by atoms with Crippen molar-refractivity contribution < 1.29 is 18.7 Å². The van der Waals surface area contributed by atoms with E-state index in [1.165, 1.54) is 13.4 Å². The van der Waals surface area contributed by atoms with Gasteiger partial charge in [0.1, 0.15) is 5.69 Å². The summed E-state index contributed by atoms with van der Waals surface area (Å²) in [4.78, 5) is 24.5. The molecule has 2 heterocycles. The number of carbonyl (C=O) groups excluding carboxylic acids is 2. The predicted molar refractivity (Wildman–Crippen MR) is 86.8 cm³/mol. The Morgan fingerprint density at radius 3 is 2.71 bits per heavy atom. The molecule has 0 bridgehead atoms. The van der Waals surface area contributed by atoms with Crippen LogP contribution in [0.3, 0.4) is 0 Å². The highest BCUT2D eigenvalue weighted by molar-refractivity contribution is 6.11. The van der Waals surface area contributed by atoms with Crippen molar-refractivity contribution in [2.75, 3.05) is 12.4 Å². The van der Waals surface area contributed by atoms with Gasteiger partial charge < -0.3 is 14.5 Å². The fourth-order valence-electron chi connectivity index (χ4n) is 2.36. The number of para-hydroxylation sites is 1. The summed E-state index contributed by atoms with van der Waals surface area (Å²) < 4.78 is 10.0. The van der Waals surface area contributed by atoms with Crippen LogP contribution in [0.5, 0.6) is 0 Å². The summed E-state index contributed by atoms with van der Waals surface area (Å²) in [5, 5.41) is 9.63. The minimum Gasteiger partial charge on any atom is -0.465 e. The molecule has 0 atom stereocenters. The van der Waals surface area contributed by atoms with E-state index in [9.17, 15) is 9.59 Å². The SMILES string of the molecule is COC(=O)c1ccccc1NC(=O)c1c(-c2ccco2)n[nH]c1C. The largest absolute Gasteiger partial charge is 0.465 e. The molecule has 1 amide bonds. The lowest BCUT2D eigenvalue weighted by Crippen LogP contribution is -2.16. The van der Waals surface area contributed by atoms with Crippen LogP contribution in [0.25, 0.3) is 11.5 Å². The van der Waals surface area contributed by atoms with E-state index in [1.807, 2.05) is 0 Å². The van der Waals surface area contributed by atoms with Crippen LogP contribution in [0.2, 0.25) is 0 Å². The third kappa shape index (κ3) is 2.79. The number of methoxy groups -OCH3 is 1. The number of nitrogens with zero attached hydrogens (tertiary/aromatic N) is 1. The Morgan fingerprint density at radius 2 is 2.00 bits per heavy atom. The maximum absolute atomic E-state index is 12.7. The van der Waals surface area contributed by atoms with E-state index in [0.29, 0.717) is 28.4 Å². The molecule has 122 valence electrons. The lowest BCUT2D eigenvalue weighted by molar-refractivity contribution is 0.0602. The molecule has 2 aromatic heterocycles. The molecular formula is C17H15N3O4. The summed E-state index contributed by atoms with van der Waals surface area (Å²) >= 11 is 0. The number of rotatable bonds is 4. The summed E-state index contributed by atoms with van der Waals surface area (Å²) in [5.41, 5.74) is 1.99. The molecule has 1 aromatic carbocycles. The first-order valence-electron chi connectivity index (χ1n) is 7.19. The molecule has 0 unspecified atom stereocenters. The van der Waals surface area contributed by atoms with E-state index in [1.54, 1.807) is 43.3 Å². The maximum Gasteiger partial charge on any atom is 0.339 e. The number of hydrogen-bond donors (Lipinski definition) is 2. The predicted octanol–water partition coefficient (Wildman–Crippen LogP) is 3.02. The minimum absolute atomic E-state index is 0.272. The van der Waals surface area contributed by atoms with Crippen LogP contribution < -0.4 is 5.32 Å². The molecule has 0 aliphatic heterocycles. The van der Waals surface area contributed by atoms with E-state index in [-0.39, 0.29) is 5.56 Å². The van der Waals surface area contributed by atoms with Crippen LogP contribution in [0.1, 0.15) is 26.4 Å². The van der Waals surface area contributed by atoms with Crippen LogP contribution in [0, 0.1) is 6.92 Å². The molecule has 7 heteroatoms. The molecule has 3 rings (SSSR count). The van der Waals surface area contributed by atoms with Crippen LogP contribution >= 0.6 is 0 Å². The quantitative estimate of drug-likeness (QED) is 0.719. The van der Waals surface area contributed by atoms with Gasteiger partial charge in [0.25, 0.3) is 5.91 Å². The van der Waals surface area contributed by atoms with Crippen molar-refractivity contribution in [3.8, 4) is 11.5 Å². The Balaban J connectivity index is 1.95. The van der Waals surface area contributed by atoms with E-state index in [4.69, 9.17) is 9.15 Å². The zero-order chi connectivity index (χ0) is 17.1. The van der Waals surface area contributed by atoms with Gasteiger partial charge >= 0.3 is 5.97 Å². The molecule has 0 aliphatic carbocycles. The Bertz CT molecular complexity index is 881. The third-order valence-electron chi connectivity index (χ3n) is 3.51. The van der Waals surface area contributed by atoms with Gasteiger partial charge in [-0.25, -0.2) is 4.79 Å². The minimum atomic E-state index is -0.527. The second-order valence-corrected chi connectivity index (χ2v) is 5.04. The van der Waals surface area contributed by atoms with E-state index >= 15 is 0 Å². The van der Waals surface area contributed by atoms with Crippen molar-refractivity contribution in [3.63, 3.8) is 0 Å². The number of furan rings is 1. The fraction of sp³-hybridized carbons (Fsp3) is 0.118. The molecule has 2 N–H and O–H groups in total. The number of nitrogens with one attached hydrogen (secondary N) is 2. The molecule has 24 heavy (non-hydrogen) atoms. The average molecular weight is 325 g/mol. The number of aromatic amines is 1. The number of amides is 1. The first-order valence-corrected chi connectivity index (χ1v) is 7.19. The summed E-state index contributed by atoms with van der Waals surface area (Å²) in [6.07, 6.45) is 1.51. The van der Waals surface area contributed by atoms with Crippen LogP contribution in [0.15, 0.2) is 47.1 Å². The standard InChI is InChI=1S/C17H15N3O4/c1-10-14(15(20-19-10)13-8-5-9-24-13)16(21)18-12-7-4-3-6-11(12)17(22)23-2/h3-9H,1-2H3,(H,18,21)(H,19,20). The van der Waals surface area contributed by atoms with E-state index in [0.717, 1.165) is 0 Å². The van der Waals surface area contributed by atoms with Gasteiger partial charge in [0.2, 0.25) is 0 Å². The van der Waals surface area contributed by atoms with Crippen LogP contribution in [-0.2, 0) is 4.74 Å². The van der Waals surface area contributed by atoms with Crippen molar-refractivity contribution in [1.82, 2.24) is 10.2 Å². The number of ether oxygens (including phenoxy) is 1. The Labute approximate surface area is 137 Å². The molecule has 0 saturated heterocycles. The zero-order valence-electron chi connectivity index (χ0n) is 13.1. The first-order chi connectivity index (χ1) is 11.6. The fourth-order valence-corrected chi connectivity index (χ4v) is 2.36. The van der Waals surface area contributed by atoms with Crippen molar-refractivity contribution >= 4 is 17.6 Å². The van der Waals surface area contributed by atoms with E-state index in [2.05, 4.69) is 15.5 Å². The Kier molecular flexibility index (Phi) is 4.15. The summed E-state index contributed by atoms with van der Waals surface area (Å²) in [5.74, 6) is -0.448. The normalized spacial score (nSPS) is 10.4. The van der Waals surface area contributed by atoms with Crippen LogP contribution in [0.4, 0.5) is 5.69 Å². The lowest BCUT2D eigenvalue weighted by atomic mass is 10.1. The van der Waals surface area contributed by atoms with Crippen LogP contribution in [-0.4, -0.2) is 29.2 Å². The second kappa shape index (κ2) is 6.41. The Hall–Kier alpha value is -3.35. The maximum atomic E-state index is 12.7. The van der Waals surface area contributed by atoms with Gasteiger partial charge in [-0.15, -0.1) is 0 Å². The highest BCUT2D eigenvalue weighted by atomic mass is 16.5. The lowest BCUT2D eigenvalue weighted by Gasteiger charge is -2.10. The number of anilines is 1. The molecule has 0 aliphatic rings.